The van der Waals surface area contributed by atoms with Crippen LogP contribution in [0.2, 0.25) is 0 Å². The molecule has 1 amide bonds. The number of rotatable bonds is 8. The Balaban J connectivity index is 1.76. The summed E-state index contributed by atoms with van der Waals surface area (Å²) in [5.41, 5.74) is 1.21. The van der Waals surface area contributed by atoms with E-state index in [0.29, 0.717) is 39.1 Å². The Labute approximate surface area is 165 Å². The minimum atomic E-state index is -0.173. The summed E-state index contributed by atoms with van der Waals surface area (Å²) in [4.78, 5) is 39.2. The summed E-state index contributed by atoms with van der Waals surface area (Å²) in [7, 11) is 0. The third-order valence-corrected chi connectivity index (χ3v) is 5.92. The predicted molar refractivity (Wildman–Crippen MR) is 107 cm³/mol. The van der Waals surface area contributed by atoms with E-state index in [2.05, 4.69) is 16.3 Å². The van der Waals surface area contributed by atoms with E-state index in [1.54, 1.807) is 13.8 Å². The summed E-state index contributed by atoms with van der Waals surface area (Å²) >= 11 is 1.39. The van der Waals surface area contributed by atoms with Crippen LogP contribution in [0.25, 0.3) is 0 Å². The Bertz CT molecular complexity index is 567. The highest BCUT2D eigenvalue weighted by molar-refractivity contribution is 8.14. The van der Waals surface area contributed by atoms with Crippen molar-refractivity contribution in [1.29, 1.82) is 0 Å². The number of piperazine rings is 1. The van der Waals surface area contributed by atoms with Crippen LogP contribution in [-0.4, -0.2) is 84.5 Å². The molecule has 2 heterocycles. The molecule has 0 aromatic carbocycles. The molecule has 1 atom stereocenters. The Kier molecular flexibility index (Phi) is 9.30. The molecule has 0 bridgehead atoms. The van der Waals surface area contributed by atoms with Crippen molar-refractivity contribution in [2.24, 2.45) is 0 Å². The van der Waals surface area contributed by atoms with Crippen molar-refractivity contribution in [2.45, 2.75) is 38.4 Å². The van der Waals surface area contributed by atoms with Crippen LogP contribution in [0.4, 0.5) is 0 Å². The van der Waals surface area contributed by atoms with Crippen LogP contribution >= 0.6 is 11.8 Å². The van der Waals surface area contributed by atoms with Crippen molar-refractivity contribution in [1.82, 2.24) is 15.1 Å². The number of ether oxygens (including phenoxy) is 1. The first-order valence-corrected chi connectivity index (χ1v) is 10.6. The molecule has 0 saturated carbocycles. The van der Waals surface area contributed by atoms with Crippen LogP contribution in [0.5, 0.6) is 0 Å². The van der Waals surface area contributed by atoms with Crippen LogP contribution in [-0.2, 0) is 19.1 Å². The molecule has 7 nitrogen and oxygen atoms in total. The molecule has 0 radical (unpaired) electrons. The lowest BCUT2D eigenvalue weighted by atomic mass is 10.1. The van der Waals surface area contributed by atoms with Gasteiger partial charge in [0.1, 0.15) is 0 Å². The molecule has 0 aliphatic carbocycles. The van der Waals surface area contributed by atoms with E-state index in [1.165, 1.54) is 17.3 Å². The number of nitrogens with zero attached hydrogens (tertiary/aromatic N) is 2. The molecule has 2 aliphatic heterocycles. The first-order valence-electron chi connectivity index (χ1n) is 9.72. The summed E-state index contributed by atoms with van der Waals surface area (Å²) < 4.78 is 4.92. The molecule has 2 saturated heterocycles. The summed E-state index contributed by atoms with van der Waals surface area (Å²) in [5.74, 6) is -0.0538. The molecular weight excluding hydrogens is 366 g/mol. The van der Waals surface area contributed by atoms with Crippen molar-refractivity contribution in [3.63, 3.8) is 0 Å². The normalized spacial score (nSPS) is 22.9. The van der Waals surface area contributed by atoms with Gasteiger partial charge in [-0.05, 0) is 38.4 Å². The van der Waals surface area contributed by atoms with Crippen LogP contribution < -0.4 is 5.32 Å². The second-order valence-electron chi connectivity index (χ2n) is 6.87. The number of carbonyl (C=O) groups is 3. The van der Waals surface area contributed by atoms with E-state index < -0.39 is 0 Å². The van der Waals surface area contributed by atoms with E-state index in [9.17, 15) is 14.4 Å². The molecule has 1 N–H and O–H groups in total. The first kappa shape index (κ1) is 21.9. The summed E-state index contributed by atoms with van der Waals surface area (Å²) in [6, 6.07) is 0. The third-order valence-electron chi connectivity index (χ3n) is 4.77. The summed E-state index contributed by atoms with van der Waals surface area (Å²) in [6.45, 7) is 8.77. The lowest BCUT2D eigenvalue weighted by Crippen LogP contribution is -2.50. The van der Waals surface area contributed by atoms with Gasteiger partial charge in [0, 0.05) is 44.8 Å². The summed E-state index contributed by atoms with van der Waals surface area (Å²) in [5, 5.41) is 3.71. The number of nitrogens with one attached hydrogen (secondary N) is 1. The summed E-state index contributed by atoms with van der Waals surface area (Å²) in [6.07, 6.45) is 4.17. The topological polar surface area (TPSA) is 79.0 Å². The number of hydrogen-bond acceptors (Lipinski definition) is 7. The van der Waals surface area contributed by atoms with Gasteiger partial charge in [-0.25, -0.2) is 0 Å². The number of hydrogen-bond donors (Lipinski definition) is 1. The first-order chi connectivity index (χ1) is 13.0. The minimum Gasteiger partial charge on any atom is -0.466 e. The average molecular weight is 398 g/mol. The molecule has 8 heteroatoms. The number of esters is 1. The van der Waals surface area contributed by atoms with Gasteiger partial charge in [-0.2, -0.15) is 0 Å². The van der Waals surface area contributed by atoms with E-state index >= 15 is 0 Å². The number of piperidine rings is 1. The van der Waals surface area contributed by atoms with Crippen molar-refractivity contribution in [3.8, 4) is 0 Å². The Hall–Kier alpha value is -1.38. The van der Waals surface area contributed by atoms with Gasteiger partial charge in [0.25, 0.3) is 0 Å². The average Bonchev–Trinajstić information content (AvgIpc) is 2.62. The predicted octanol–water partition coefficient (Wildman–Crippen LogP) is 1.04. The monoisotopic (exact) mass is 397 g/mol. The van der Waals surface area contributed by atoms with Gasteiger partial charge in [0.05, 0.1) is 13.2 Å². The fraction of sp³-hybridized carbons (Fsp3) is 0.737. The minimum absolute atomic E-state index is 0.119. The molecular formula is C19H31N3O4S. The van der Waals surface area contributed by atoms with Crippen LogP contribution in [0, 0.1) is 0 Å². The molecule has 0 aromatic rings. The van der Waals surface area contributed by atoms with Crippen molar-refractivity contribution in [3.05, 3.63) is 11.6 Å². The van der Waals surface area contributed by atoms with Gasteiger partial charge in [-0.1, -0.05) is 17.8 Å². The number of carbonyl (C=O) groups excluding carboxylic acids is 3. The lowest BCUT2D eigenvalue weighted by Gasteiger charge is -2.34. The fourth-order valence-electron chi connectivity index (χ4n) is 3.35. The zero-order valence-electron chi connectivity index (χ0n) is 16.4. The largest absolute Gasteiger partial charge is 0.466 e. The highest BCUT2D eigenvalue weighted by Crippen LogP contribution is 2.25. The van der Waals surface area contributed by atoms with Crippen molar-refractivity contribution < 1.29 is 19.1 Å². The molecule has 152 valence electrons. The van der Waals surface area contributed by atoms with Gasteiger partial charge in [0.2, 0.25) is 5.91 Å². The van der Waals surface area contributed by atoms with Gasteiger partial charge in [0.15, 0.2) is 5.12 Å². The third kappa shape index (κ3) is 7.63. The van der Waals surface area contributed by atoms with Gasteiger partial charge < -0.3 is 15.0 Å². The van der Waals surface area contributed by atoms with Gasteiger partial charge in [-0.15, -0.1) is 0 Å². The molecule has 0 spiro atoms. The zero-order valence-corrected chi connectivity index (χ0v) is 17.2. The Morgan fingerprint density at radius 3 is 2.89 bits per heavy atom. The SMILES string of the molecule is CCOC(=O)CCCN1CCN(C/C=C2\CNCCC2SC(C)=O)C(=O)C1. The van der Waals surface area contributed by atoms with Crippen LogP contribution in [0.1, 0.15) is 33.1 Å². The molecule has 0 aromatic heterocycles. The maximum Gasteiger partial charge on any atom is 0.305 e. The molecule has 2 rings (SSSR count). The van der Waals surface area contributed by atoms with Crippen LogP contribution in [0.15, 0.2) is 11.6 Å². The number of amides is 1. The van der Waals surface area contributed by atoms with E-state index in [-0.39, 0.29) is 22.2 Å². The van der Waals surface area contributed by atoms with Gasteiger partial charge >= 0.3 is 5.97 Å². The maximum atomic E-state index is 12.4. The quantitative estimate of drug-likeness (QED) is 0.484. The second kappa shape index (κ2) is 11.5. The highest BCUT2D eigenvalue weighted by Gasteiger charge is 2.25. The standard InChI is InChI=1S/C19H31N3O4S/c1-3-26-19(25)5-4-9-21-11-12-22(18(24)14-21)10-7-16-13-20-8-6-17(16)27-15(2)23/h7,17,20H,3-6,8-14H2,1-2H3/b16-7+. The molecule has 2 fully saturated rings. The maximum absolute atomic E-state index is 12.4. The van der Waals surface area contributed by atoms with E-state index in [1.807, 2.05) is 4.90 Å². The smallest absolute Gasteiger partial charge is 0.305 e. The van der Waals surface area contributed by atoms with Gasteiger partial charge in [-0.3, -0.25) is 19.3 Å². The highest BCUT2D eigenvalue weighted by atomic mass is 32.2. The fourth-order valence-corrected chi connectivity index (χ4v) is 4.32. The Morgan fingerprint density at radius 1 is 1.37 bits per heavy atom. The zero-order chi connectivity index (χ0) is 19.6. The number of thioether (sulfide) groups is 1. The Morgan fingerprint density at radius 2 is 2.19 bits per heavy atom. The molecule has 27 heavy (non-hydrogen) atoms. The molecule has 1 unspecified atom stereocenters. The lowest BCUT2D eigenvalue weighted by molar-refractivity contribution is -0.143. The van der Waals surface area contributed by atoms with E-state index in [0.717, 1.165) is 32.6 Å². The van der Waals surface area contributed by atoms with E-state index in [4.69, 9.17) is 4.74 Å². The molecule has 2 aliphatic rings. The second-order valence-corrected chi connectivity index (χ2v) is 8.25. The van der Waals surface area contributed by atoms with Crippen LogP contribution in [0.3, 0.4) is 0 Å². The van der Waals surface area contributed by atoms with Crippen molar-refractivity contribution in [2.75, 3.05) is 52.4 Å². The van der Waals surface area contributed by atoms with Crippen molar-refractivity contribution >= 4 is 28.8 Å².